The Balaban J connectivity index is 0.0000000480. The second-order valence-electron chi connectivity index (χ2n) is 9.24. The van der Waals surface area contributed by atoms with Gasteiger partial charge >= 0.3 is 0 Å². The first-order valence-corrected chi connectivity index (χ1v) is 8.00. The molecular formula is C16H16. The average Bonchev–Trinajstić information content (AvgIpc) is 2.75. The maximum Gasteiger partial charge on any atom is -0.0312 e. The Hall–Kier alpha value is 0. The van der Waals surface area contributed by atoms with Crippen molar-refractivity contribution in [3.8, 4) is 0 Å². The average molecular weight is 208 g/mol. The van der Waals surface area contributed by atoms with E-state index >= 15 is 0 Å². The Bertz CT molecular complexity index is 268. The predicted octanol–water partition coefficient (Wildman–Crippen LogP) is 1.97. The Labute approximate surface area is 95.2 Å². The maximum absolute atomic E-state index is 1.33. The van der Waals surface area contributed by atoms with Gasteiger partial charge in [-0.05, 0) is 94.7 Å². The van der Waals surface area contributed by atoms with E-state index in [4.69, 9.17) is 0 Å². The quantitative estimate of drug-likeness (QED) is 0.571. The zero-order chi connectivity index (χ0) is 9.24. The highest BCUT2D eigenvalue weighted by molar-refractivity contribution is 5.45. The van der Waals surface area contributed by atoms with Crippen molar-refractivity contribution in [3.63, 3.8) is 0 Å². The van der Waals surface area contributed by atoms with E-state index in [1.54, 1.807) is 0 Å². The molecule has 0 aromatic heterocycles. The van der Waals surface area contributed by atoms with E-state index < -0.39 is 0 Å². The summed E-state index contributed by atoms with van der Waals surface area (Å²) in [6, 6.07) is 0. The molecule has 16 aliphatic rings. The molecule has 0 unspecified atom stereocenters. The lowest BCUT2D eigenvalue weighted by Gasteiger charge is -1.03. The molecule has 0 aromatic rings. The third kappa shape index (κ3) is 0.578. The molecular weight excluding hydrogens is 192 g/mol. The summed E-state index contributed by atoms with van der Waals surface area (Å²) in [5.74, 6) is 21.3. The molecule has 0 heterocycles. The van der Waals surface area contributed by atoms with Crippen LogP contribution in [0.15, 0.2) is 0 Å². The Kier molecular flexibility index (Phi) is 0.498. The van der Waals surface area contributed by atoms with E-state index in [1.807, 2.05) is 0 Å². The standard InChI is InChI=1S/4C4H4/c4*1-2-3(1)4(1)2/h4*1-4H. The molecule has 16 heavy (non-hydrogen) atoms. The monoisotopic (exact) mass is 208 g/mol. The molecule has 16 saturated carbocycles. The van der Waals surface area contributed by atoms with Gasteiger partial charge in [-0.1, -0.05) is 0 Å². The van der Waals surface area contributed by atoms with Gasteiger partial charge in [0.2, 0.25) is 0 Å². The van der Waals surface area contributed by atoms with Crippen molar-refractivity contribution in [2.24, 2.45) is 94.7 Å². The number of rotatable bonds is 0. The minimum absolute atomic E-state index is 1.33. The van der Waals surface area contributed by atoms with Crippen LogP contribution in [0.3, 0.4) is 0 Å². The van der Waals surface area contributed by atoms with Crippen LogP contribution in [-0.4, -0.2) is 0 Å². The molecule has 0 atom stereocenters. The molecule has 0 N–H and O–H groups in total. The van der Waals surface area contributed by atoms with Gasteiger partial charge in [0.25, 0.3) is 0 Å². The summed E-state index contributed by atoms with van der Waals surface area (Å²) in [5.41, 5.74) is 0. The second-order valence-corrected chi connectivity index (χ2v) is 9.24. The van der Waals surface area contributed by atoms with Crippen LogP contribution in [0.5, 0.6) is 0 Å². The Morgan fingerprint density at radius 1 is 0.125 bits per heavy atom. The van der Waals surface area contributed by atoms with Crippen LogP contribution in [0.1, 0.15) is 0 Å². The lowest BCUT2D eigenvalue weighted by molar-refractivity contribution is 1.43. The van der Waals surface area contributed by atoms with Crippen molar-refractivity contribution < 1.29 is 0 Å². The summed E-state index contributed by atoms with van der Waals surface area (Å²) in [6.45, 7) is 0. The van der Waals surface area contributed by atoms with Crippen LogP contribution in [0, 0.1) is 94.7 Å². The molecule has 0 saturated heterocycles. The molecule has 0 spiro atoms. The maximum atomic E-state index is 1.33. The van der Waals surface area contributed by atoms with Crippen molar-refractivity contribution in [2.75, 3.05) is 0 Å². The number of hydrogen-bond acceptors (Lipinski definition) is 0. The molecule has 80 valence electrons. The molecule has 0 amide bonds. The van der Waals surface area contributed by atoms with Crippen LogP contribution < -0.4 is 0 Å². The first-order chi connectivity index (χ1) is 8.00. The van der Waals surface area contributed by atoms with Crippen molar-refractivity contribution in [2.45, 2.75) is 0 Å². The molecule has 0 radical (unpaired) electrons. The molecule has 0 aliphatic heterocycles. The van der Waals surface area contributed by atoms with Gasteiger partial charge in [-0.2, -0.15) is 0 Å². The third-order valence-electron chi connectivity index (χ3n) is 8.41. The smallest absolute Gasteiger partial charge is 0.0312 e. The fraction of sp³-hybridized carbons (Fsp3) is 1.00. The van der Waals surface area contributed by atoms with Gasteiger partial charge in [0, 0.05) is 0 Å². The van der Waals surface area contributed by atoms with Gasteiger partial charge in [0.15, 0.2) is 0 Å². The molecule has 0 heteroatoms. The third-order valence-corrected chi connectivity index (χ3v) is 8.41. The SMILES string of the molecule is C12C3C1C23.C12C3C1C23.C12C3C1C23.C12C3C1C23. The van der Waals surface area contributed by atoms with Crippen LogP contribution in [0.2, 0.25) is 0 Å². The van der Waals surface area contributed by atoms with Crippen molar-refractivity contribution in [1.29, 1.82) is 0 Å². The van der Waals surface area contributed by atoms with Gasteiger partial charge in [-0.15, -0.1) is 0 Å². The van der Waals surface area contributed by atoms with E-state index in [1.165, 1.54) is 94.7 Å². The summed E-state index contributed by atoms with van der Waals surface area (Å²) in [6.07, 6.45) is 0. The van der Waals surface area contributed by atoms with E-state index in [-0.39, 0.29) is 0 Å². The normalized spacial score (nSPS) is 108. The van der Waals surface area contributed by atoms with Crippen LogP contribution in [0.25, 0.3) is 0 Å². The second kappa shape index (κ2) is 1.28. The van der Waals surface area contributed by atoms with E-state index in [2.05, 4.69) is 0 Å². The molecule has 0 bridgehead atoms. The molecule has 16 fully saturated rings. The summed E-state index contributed by atoms with van der Waals surface area (Å²) in [7, 11) is 0. The molecule has 16 rings (SSSR count). The predicted molar refractivity (Wildman–Crippen MR) is 55.8 cm³/mol. The van der Waals surface area contributed by atoms with Crippen molar-refractivity contribution in [1.82, 2.24) is 0 Å². The lowest BCUT2D eigenvalue weighted by Crippen LogP contribution is -1.00. The van der Waals surface area contributed by atoms with Crippen LogP contribution in [-0.2, 0) is 0 Å². The highest BCUT2D eigenvalue weighted by Crippen LogP contribution is 3.01. The number of hydrogen-bond donors (Lipinski definition) is 0. The van der Waals surface area contributed by atoms with Crippen molar-refractivity contribution >= 4 is 0 Å². The minimum atomic E-state index is 1.33. The molecule has 0 aromatic carbocycles. The summed E-state index contributed by atoms with van der Waals surface area (Å²) in [5, 5.41) is 0. The minimum Gasteiger partial charge on any atom is -0.0312 e. The molecule has 16 aliphatic carbocycles. The first kappa shape index (κ1) is 6.25. The zero-order valence-electron chi connectivity index (χ0n) is 9.24. The van der Waals surface area contributed by atoms with Gasteiger partial charge in [-0.25, -0.2) is 0 Å². The summed E-state index contributed by atoms with van der Waals surface area (Å²) < 4.78 is 0. The molecule has 0 nitrogen and oxygen atoms in total. The van der Waals surface area contributed by atoms with E-state index in [0.29, 0.717) is 0 Å². The highest BCUT2D eigenvalue weighted by atomic mass is 15.0. The fourth-order valence-electron chi connectivity index (χ4n) is 4.41. The van der Waals surface area contributed by atoms with E-state index in [9.17, 15) is 0 Å². The van der Waals surface area contributed by atoms with E-state index in [0.717, 1.165) is 0 Å². The van der Waals surface area contributed by atoms with Gasteiger partial charge in [0.05, 0.1) is 0 Å². The Morgan fingerprint density at radius 2 is 0.188 bits per heavy atom. The highest BCUT2D eigenvalue weighted by Gasteiger charge is 2.98. The van der Waals surface area contributed by atoms with Crippen LogP contribution in [0.4, 0.5) is 0 Å². The summed E-state index contributed by atoms with van der Waals surface area (Å²) >= 11 is 0. The Morgan fingerprint density at radius 3 is 0.188 bits per heavy atom. The topological polar surface area (TPSA) is 0 Å². The van der Waals surface area contributed by atoms with Crippen LogP contribution >= 0.6 is 0 Å². The summed E-state index contributed by atoms with van der Waals surface area (Å²) in [4.78, 5) is 0. The van der Waals surface area contributed by atoms with Gasteiger partial charge in [0.1, 0.15) is 0 Å². The fourth-order valence-corrected chi connectivity index (χ4v) is 4.41. The lowest BCUT2D eigenvalue weighted by atomic mass is 11.0. The van der Waals surface area contributed by atoms with Crippen molar-refractivity contribution in [3.05, 3.63) is 0 Å². The zero-order valence-corrected chi connectivity index (χ0v) is 9.24. The van der Waals surface area contributed by atoms with Gasteiger partial charge in [-0.3, -0.25) is 0 Å². The van der Waals surface area contributed by atoms with Gasteiger partial charge < -0.3 is 0 Å². The first-order valence-electron chi connectivity index (χ1n) is 8.00. The largest absolute Gasteiger partial charge is 0.0312 e.